The van der Waals surface area contributed by atoms with Crippen molar-refractivity contribution in [1.82, 2.24) is 4.90 Å². The van der Waals surface area contributed by atoms with Gasteiger partial charge in [0.1, 0.15) is 11.6 Å². The topological polar surface area (TPSA) is 116 Å². The van der Waals surface area contributed by atoms with E-state index < -0.39 is 29.4 Å². The van der Waals surface area contributed by atoms with Gasteiger partial charge in [0.2, 0.25) is 11.8 Å². The Hall–Kier alpha value is -1.63. The Morgan fingerprint density at radius 3 is 1.78 bits per heavy atom. The van der Waals surface area contributed by atoms with Crippen molar-refractivity contribution in [3.8, 4) is 0 Å². The number of carbonyl (C=O) groups is 3. The van der Waals surface area contributed by atoms with Gasteiger partial charge in [-0.1, -0.05) is 0 Å². The fourth-order valence-electron chi connectivity index (χ4n) is 1.27. The number of hydrogen-bond donors (Lipinski definition) is 2. The van der Waals surface area contributed by atoms with E-state index in [0.717, 1.165) is 0 Å². The van der Waals surface area contributed by atoms with Gasteiger partial charge < -0.3 is 16.2 Å². The molecule has 7 nitrogen and oxygen atoms in total. The third-order valence-corrected chi connectivity index (χ3v) is 2.01. The first-order chi connectivity index (χ1) is 8.03. The average molecular weight is 259 g/mol. The maximum Gasteiger partial charge on any atom is 0.323 e. The van der Waals surface area contributed by atoms with Gasteiger partial charge in [0, 0.05) is 0 Å². The zero-order chi connectivity index (χ0) is 14.5. The zero-order valence-electron chi connectivity index (χ0n) is 11.2. The molecule has 7 heteroatoms. The van der Waals surface area contributed by atoms with Gasteiger partial charge in [0.15, 0.2) is 0 Å². The van der Waals surface area contributed by atoms with Gasteiger partial charge in [0.05, 0.1) is 13.1 Å². The van der Waals surface area contributed by atoms with Gasteiger partial charge in [0.25, 0.3) is 0 Å². The van der Waals surface area contributed by atoms with E-state index in [2.05, 4.69) is 0 Å². The summed E-state index contributed by atoms with van der Waals surface area (Å²) in [6.45, 7) is 6.24. The van der Waals surface area contributed by atoms with Gasteiger partial charge in [-0.25, -0.2) is 0 Å². The summed E-state index contributed by atoms with van der Waals surface area (Å²) in [5, 5.41) is 0. The maximum atomic E-state index is 11.8. The highest BCUT2D eigenvalue weighted by atomic mass is 16.6. The number of nitrogens with zero attached hydrogens (tertiary/aromatic N) is 1. The van der Waals surface area contributed by atoms with E-state index in [1.165, 1.54) is 11.8 Å². The van der Waals surface area contributed by atoms with E-state index in [9.17, 15) is 14.4 Å². The van der Waals surface area contributed by atoms with Crippen LogP contribution in [0.4, 0.5) is 0 Å². The summed E-state index contributed by atoms with van der Waals surface area (Å²) in [6.07, 6.45) is 0. The second kappa shape index (κ2) is 6.34. The largest absolute Gasteiger partial charge is 0.459 e. The van der Waals surface area contributed by atoms with Crippen LogP contribution < -0.4 is 11.5 Å². The normalized spacial score (nSPS) is 13.2. The van der Waals surface area contributed by atoms with Gasteiger partial charge in [-0.3, -0.25) is 19.3 Å². The van der Waals surface area contributed by atoms with Crippen molar-refractivity contribution in [2.24, 2.45) is 11.5 Å². The minimum atomic E-state index is -0.774. The Morgan fingerprint density at radius 1 is 1.11 bits per heavy atom. The van der Waals surface area contributed by atoms with Gasteiger partial charge >= 0.3 is 5.97 Å². The van der Waals surface area contributed by atoms with Crippen LogP contribution >= 0.6 is 0 Å². The summed E-state index contributed by atoms with van der Waals surface area (Å²) in [5.74, 6) is -1.83. The van der Waals surface area contributed by atoms with Crippen molar-refractivity contribution in [2.45, 2.75) is 39.3 Å². The molecule has 0 rings (SSSR count). The molecule has 4 N–H and O–H groups in total. The first kappa shape index (κ1) is 16.4. The number of esters is 1. The number of ether oxygens (including phenoxy) is 1. The number of carbonyl (C=O) groups excluding carboxylic acids is 3. The van der Waals surface area contributed by atoms with Crippen LogP contribution in [0.25, 0.3) is 0 Å². The smallest absolute Gasteiger partial charge is 0.323 e. The summed E-state index contributed by atoms with van der Waals surface area (Å²) in [4.78, 5) is 34.8. The third kappa shape index (κ3) is 6.85. The Kier molecular flexibility index (Phi) is 5.77. The molecule has 0 spiro atoms. The summed E-state index contributed by atoms with van der Waals surface area (Å²) >= 11 is 0. The molecule has 0 saturated heterocycles. The fourth-order valence-corrected chi connectivity index (χ4v) is 1.27. The van der Waals surface area contributed by atoms with Gasteiger partial charge in [-0.15, -0.1) is 0 Å². The van der Waals surface area contributed by atoms with Crippen LogP contribution in [0.1, 0.15) is 27.7 Å². The molecule has 0 aliphatic heterocycles. The molecule has 1 atom stereocenters. The Morgan fingerprint density at radius 2 is 1.50 bits per heavy atom. The molecule has 0 radical (unpaired) electrons. The lowest BCUT2D eigenvalue weighted by atomic mass is 10.2. The summed E-state index contributed by atoms with van der Waals surface area (Å²) in [5.41, 5.74) is 9.46. The monoisotopic (exact) mass is 259 g/mol. The first-order valence-electron chi connectivity index (χ1n) is 5.56. The van der Waals surface area contributed by atoms with Crippen molar-refractivity contribution >= 4 is 17.8 Å². The molecular formula is C11H21N3O4. The SMILES string of the molecule is CC(C(=O)OC(C)(C)C)N(CC(N)=O)CC(N)=O. The second-order valence-electron chi connectivity index (χ2n) is 5.05. The highest BCUT2D eigenvalue weighted by Crippen LogP contribution is 2.11. The molecule has 0 aliphatic rings. The van der Waals surface area contributed by atoms with Crippen LogP contribution in [0.15, 0.2) is 0 Å². The number of amides is 2. The molecule has 0 heterocycles. The second-order valence-corrected chi connectivity index (χ2v) is 5.05. The molecule has 0 bridgehead atoms. The van der Waals surface area contributed by atoms with Crippen LogP contribution in [0.5, 0.6) is 0 Å². The van der Waals surface area contributed by atoms with E-state index in [1.807, 2.05) is 0 Å². The highest BCUT2D eigenvalue weighted by Gasteiger charge is 2.28. The zero-order valence-corrected chi connectivity index (χ0v) is 11.2. The molecule has 0 aliphatic carbocycles. The van der Waals surface area contributed by atoms with Crippen molar-refractivity contribution < 1.29 is 19.1 Å². The first-order valence-corrected chi connectivity index (χ1v) is 5.56. The summed E-state index contributed by atoms with van der Waals surface area (Å²) in [7, 11) is 0. The molecule has 0 saturated carbocycles. The van der Waals surface area contributed by atoms with E-state index in [4.69, 9.17) is 16.2 Å². The van der Waals surface area contributed by atoms with E-state index in [0.29, 0.717) is 0 Å². The minimum absolute atomic E-state index is 0.233. The highest BCUT2D eigenvalue weighted by molar-refractivity contribution is 5.82. The molecule has 104 valence electrons. The Bertz CT molecular complexity index is 320. The van der Waals surface area contributed by atoms with E-state index in [1.54, 1.807) is 20.8 Å². The molecule has 18 heavy (non-hydrogen) atoms. The summed E-state index contributed by atoms with van der Waals surface area (Å²) in [6, 6.07) is -0.774. The van der Waals surface area contributed by atoms with Crippen LogP contribution in [0.3, 0.4) is 0 Å². The van der Waals surface area contributed by atoms with Crippen molar-refractivity contribution in [1.29, 1.82) is 0 Å². The molecule has 0 aromatic heterocycles. The van der Waals surface area contributed by atoms with Crippen molar-refractivity contribution in [2.75, 3.05) is 13.1 Å². The maximum absolute atomic E-state index is 11.8. The van der Waals surface area contributed by atoms with Crippen molar-refractivity contribution in [3.05, 3.63) is 0 Å². The Labute approximate surface area is 106 Å². The van der Waals surface area contributed by atoms with Gasteiger partial charge in [-0.2, -0.15) is 0 Å². The van der Waals surface area contributed by atoms with E-state index >= 15 is 0 Å². The lowest BCUT2D eigenvalue weighted by molar-refractivity contribution is -0.161. The number of primary amides is 2. The molecular weight excluding hydrogens is 238 g/mol. The minimum Gasteiger partial charge on any atom is -0.459 e. The fraction of sp³-hybridized carbons (Fsp3) is 0.727. The van der Waals surface area contributed by atoms with Crippen LogP contribution in [-0.4, -0.2) is 47.4 Å². The van der Waals surface area contributed by atoms with Crippen LogP contribution in [0, 0.1) is 0 Å². The summed E-state index contributed by atoms with van der Waals surface area (Å²) < 4.78 is 5.16. The van der Waals surface area contributed by atoms with Gasteiger partial charge in [-0.05, 0) is 27.7 Å². The predicted octanol–water partition coefficient (Wildman–Crippen LogP) is -1.01. The Balaban J connectivity index is 4.72. The van der Waals surface area contributed by atoms with Crippen LogP contribution in [0.2, 0.25) is 0 Å². The number of nitrogens with two attached hydrogens (primary N) is 2. The average Bonchev–Trinajstić information content (AvgIpc) is 2.11. The molecule has 0 aromatic rings. The number of hydrogen-bond acceptors (Lipinski definition) is 5. The standard InChI is InChI=1S/C11H21N3O4/c1-7(10(17)18-11(2,3)4)14(5-8(12)15)6-9(13)16/h7H,5-6H2,1-4H3,(H2,12,15)(H2,13,16). The molecule has 0 aromatic carbocycles. The molecule has 1 unspecified atom stereocenters. The molecule has 0 fully saturated rings. The van der Waals surface area contributed by atoms with Crippen LogP contribution in [-0.2, 0) is 19.1 Å². The van der Waals surface area contributed by atoms with Crippen molar-refractivity contribution in [3.63, 3.8) is 0 Å². The lowest BCUT2D eigenvalue weighted by Gasteiger charge is -2.28. The van der Waals surface area contributed by atoms with E-state index in [-0.39, 0.29) is 13.1 Å². The quantitative estimate of drug-likeness (QED) is 0.593. The number of rotatable bonds is 6. The predicted molar refractivity (Wildman–Crippen MR) is 65.3 cm³/mol. The molecule has 2 amide bonds. The lowest BCUT2D eigenvalue weighted by Crippen LogP contribution is -2.49. The third-order valence-electron chi connectivity index (χ3n) is 2.01.